The monoisotopic (exact) mass is 340 g/mol. The molecule has 0 radical (unpaired) electrons. The molecular weight excluding hydrogens is 324 g/mol. The second kappa shape index (κ2) is 7.27. The maximum absolute atomic E-state index is 12.4. The Bertz CT molecular complexity index is 832. The first-order valence-electron chi connectivity index (χ1n) is 7.60. The van der Waals surface area contributed by atoms with Gasteiger partial charge in [0, 0.05) is 23.6 Å². The van der Waals surface area contributed by atoms with Crippen LogP contribution in [0.25, 0.3) is 0 Å². The van der Waals surface area contributed by atoms with E-state index in [1.54, 1.807) is 29.5 Å². The third-order valence-electron chi connectivity index (χ3n) is 3.72. The molecular formula is C18H17ClN4O. The summed E-state index contributed by atoms with van der Waals surface area (Å²) in [6, 6.07) is 11.2. The molecule has 3 aromatic rings. The van der Waals surface area contributed by atoms with Crippen LogP contribution in [0.1, 0.15) is 34.5 Å². The van der Waals surface area contributed by atoms with Gasteiger partial charge in [-0.3, -0.25) is 14.5 Å². The van der Waals surface area contributed by atoms with Crippen LogP contribution >= 0.6 is 11.6 Å². The molecule has 24 heavy (non-hydrogen) atoms. The lowest BCUT2D eigenvalue weighted by atomic mass is 10.1. The van der Waals surface area contributed by atoms with Crippen molar-refractivity contribution in [2.24, 2.45) is 0 Å². The number of nitrogens with one attached hydrogen (secondary N) is 1. The summed E-state index contributed by atoms with van der Waals surface area (Å²) in [4.78, 5) is 16.4. The van der Waals surface area contributed by atoms with E-state index in [0.29, 0.717) is 17.1 Å². The molecule has 1 atom stereocenters. The Hall–Kier alpha value is -2.66. The van der Waals surface area contributed by atoms with Gasteiger partial charge in [-0.15, -0.1) is 0 Å². The number of aromatic nitrogens is 3. The lowest BCUT2D eigenvalue weighted by Gasteiger charge is -2.12. The Labute approximate surface area is 145 Å². The first-order valence-corrected chi connectivity index (χ1v) is 7.98. The lowest BCUT2D eigenvalue weighted by Crippen LogP contribution is -2.26. The Kier molecular flexibility index (Phi) is 4.91. The van der Waals surface area contributed by atoms with Crippen molar-refractivity contribution in [2.75, 3.05) is 0 Å². The number of nitrogens with zero attached hydrogens (tertiary/aromatic N) is 3. The van der Waals surface area contributed by atoms with Gasteiger partial charge in [0.25, 0.3) is 5.91 Å². The molecule has 0 fully saturated rings. The molecule has 5 nitrogen and oxygen atoms in total. The van der Waals surface area contributed by atoms with Crippen molar-refractivity contribution < 1.29 is 4.79 Å². The van der Waals surface area contributed by atoms with Gasteiger partial charge in [0.15, 0.2) is 0 Å². The first kappa shape index (κ1) is 16.2. The van der Waals surface area contributed by atoms with Gasteiger partial charge in [0.2, 0.25) is 0 Å². The number of carbonyl (C=O) groups excluding carboxylic acids is 1. The molecule has 0 aliphatic rings. The van der Waals surface area contributed by atoms with E-state index in [4.69, 9.17) is 11.6 Å². The third-order valence-corrected chi connectivity index (χ3v) is 4.09. The fraction of sp³-hybridized carbons (Fsp3) is 0.167. The number of halogens is 1. The molecule has 0 saturated carbocycles. The summed E-state index contributed by atoms with van der Waals surface area (Å²) >= 11 is 6.15. The van der Waals surface area contributed by atoms with Crippen molar-refractivity contribution in [3.05, 3.63) is 82.9 Å². The van der Waals surface area contributed by atoms with Crippen LogP contribution in [0.15, 0.2) is 61.2 Å². The zero-order valence-corrected chi connectivity index (χ0v) is 13.9. The van der Waals surface area contributed by atoms with Crippen molar-refractivity contribution in [1.29, 1.82) is 0 Å². The van der Waals surface area contributed by atoms with Gasteiger partial charge >= 0.3 is 0 Å². The van der Waals surface area contributed by atoms with E-state index < -0.39 is 0 Å². The van der Waals surface area contributed by atoms with Crippen LogP contribution < -0.4 is 5.32 Å². The second-order valence-electron chi connectivity index (χ2n) is 5.50. The van der Waals surface area contributed by atoms with Gasteiger partial charge in [-0.2, -0.15) is 5.10 Å². The highest BCUT2D eigenvalue weighted by atomic mass is 35.5. The number of carbonyl (C=O) groups is 1. The van der Waals surface area contributed by atoms with E-state index in [9.17, 15) is 4.79 Å². The van der Waals surface area contributed by atoms with Crippen LogP contribution in [-0.2, 0) is 6.54 Å². The van der Waals surface area contributed by atoms with Crippen molar-refractivity contribution in [2.45, 2.75) is 19.5 Å². The van der Waals surface area contributed by atoms with Crippen LogP contribution in [0.4, 0.5) is 0 Å². The van der Waals surface area contributed by atoms with Crippen molar-refractivity contribution in [3.63, 3.8) is 0 Å². The van der Waals surface area contributed by atoms with Gasteiger partial charge < -0.3 is 5.32 Å². The highest BCUT2D eigenvalue weighted by molar-refractivity contribution is 6.31. The molecule has 2 heterocycles. The summed E-state index contributed by atoms with van der Waals surface area (Å²) in [5.74, 6) is -0.170. The molecule has 1 N–H and O–H groups in total. The predicted molar refractivity (Wildman–Crippen MR) is 92.9 cm³/mol. The summed E-state index contributed by atoms with van der Waals surface area (Å²) in [6.45, 7) is 2.44. The quantitative estimate of drug-likeness (QED) is 0.773. The maximum atomic E-state index is 12.4. The highest BCUT2D eigenvalue weighted by Gasteiger charge is 2.13. The van der Waals surface area contributed by atoms with E-state index >= 15 is 0 Å². The van der Waals surface area contributed by atoms with E-state index in [0.717, 1.165) is 11.1 Å². The average Bonchev–Trinajstić information content (AvgIpc) is 3.06. The summed E-state index contributed by atoms with van der Waals surface area (Å²) < 4.78 is 1.70. The Morgan fingerprint density at radius 3 is 2.83 bits per heavy atom. The molecule has 3 rings (SSSR count). The van der Waals surface area contributed by atoms with Gasteiger partial charge in [0.1, 0.15) is 0 Å². The second-order valence-corrected chi connectivity index (χ2v) is 5.91. The zero-order valence-electron chi connectivity index (χ0n) is 13.2. The van der Waals surface area contributed by atoms with Crippen LogP contribution in [0.3, 0.4) is 0 Å². The summed E-state index contributed by atoms with van der Waals surface area (Å²) in [5.41, 5.74) is 2.42. The molecule has 0 spiro atoms. The van der Waals surface area contributed by atoms with E-state index in [1.165, 1.54) is 0 Å². The lowest BCUT2D eigenvalue weighted by molar-refractivity contribution is 0.0939. The average molecular weight is 341 g/mol. The van der Waals surface area contributed by atoms with Crippen molar-refractivity contribution >= 4 is 17.5 Å². The van der Waals surface area contributed by atoms with Crippen LogP contribution in [-0.4, -0.2) is 20.7 Å². The van der Waals surface area contributed by atoms with Crippen LogP contribution in [0.2, 0.25) is 5.02 Å². The number of benzene rings is 1. The number of hydrogen-bond donors (Lipinski definition) is 1. The third kappa shape index (κ3) is 3.81. The van der Waals surface area contributed by atoms with Crippen molar-refractivity contribution in [1.82, 2.24) is 20.1 Å². The van der Waals surface area contributed by atoms with Crippen LogP contribution in [0, 0.1) is 0 Å². The fourth-order valence-corrected chi connectivity index (χ4v) is 2.56. The zero-order chi connectivity index (χ0) is 16.9. The van der Waals surface area contributed by atoms with Gasteiger partial charge in [-0.05, 0) is 30.2 Å². The molecule has 2 aromatic heterocycles. The molecule has 0 aliphatic carbocycles. The normalized spacial score (nSPS) is 11.9. The molecule has 1 amide bonds. The predicted octanol–water partition coefficient (Wildman–Crippen LogP) is 3.47. The highest BCUT2D eigenvalue weighted by Crippen LogP contribution is 2.16. The Morgan fingerprint density at radius 2 is 2.08 bits per heavy atom. The molecule has 1 aromatic carbocycles. The SMILES string of the molecule is C[C@H](NC(=O)c1cnn(Cc2ccccc2Cl)c1)c1cccnc1. The largest absolute Gasteiger partial charge is 0.345 e. The number of hydrogen-bond acceptors (Lipinski definition) is 3. The minimum atomic E-state index is -0.170. The summed E-state index contributed by atoms with van der Waals surface area (Å²) in [6.07, 6.45) is 6.72. The molecule has 0 unspecified atom stereocenters. The van der Waals surface area contributed by atoms with Crippen molar-refractivity contribution in [3.8, 4) is 0 Å². The number of rotatable bonds is 5. The van der Waals surface area contributed by atoms with E-state index in [1.807, 2.05) is 43.3 Å². The topological polar surface area (TPSA) is 59.8 Å². The van der Waals surface area contributed by atoms with E-state index in [-0.39, 0.29) is 11.9 Å². The molecule has 0 bridgehead atoms. The van der Waals surface area contributed by atoms with E-state index in [2.05, 4.69) is 15.4 Å². The van der Waals surface area contributed by atoms with Gasteiger partial charge in [-0.25, -0.2) is 0 Å². The minimum absolute atomic E-state index is 0.127. The number of amides is 1. The van der Waals surface area contributed by atoms with Crippen LogP contribution in [0.5, 0.6) is 0 Å². The fourth-order valence-electron chi connectivity index (χ4n) is 2.36. The molecule has 122 valence electrons. The maximum Gasteiger partial charge on any atom is 0.254 e. The summed E-state index contributed by atoms with van der Waals surface area (Å²) in [5, 5.41) is 7.87. The Morgan fingerprint density at radius 1 is 1.25 bits per heavy atom. The molecule has 6 heteroatoms. The molecule has 0 saturated heterocycles. The van der Waals surface area contributed by atoms with Gasteiger partial charge in [0.05, 0.1) is 24.3 Å². The Balaban J connectivity index is 1.67. The van der Waals surface area contributed by atoms with Gasteiger partial charge in [-0.1, -0.05) is 35.9 Å². The standard InChI is InChI=1S/C18H17ClN4O/c1-13(14-6-4-8-20-9-14)22-18(24)16-10-21-23(12-16)11-15-5-2-3-7-17(15)19/h2-10,12-13H,11H2,1H3,(H,22,24)/t13-/m0/s1. The number of pyridine rings is 1. The minimum Gasteiger partial charge on any atom is -0.345 e. The molecule has 0 aliphatic heterocycles. The summed E-state index contributed by atoms with van der Waals surface area (Å²) in [7, 11) is 0. The smallest absolute Gasteiger partial charge is 0.254 e. The first-order chi connectivity index (χ1) is 11.6.